The smallest absolute Gasteiger partial charge is 0.258 e. The van der Waals surface area contributed by atoms with E-state index in [0.717, 1.165) is 54.4 Å². The number of nitrogens with zero attached hydrogens (tertiary/aromatic N) is 3. The van der Waals surface area contributed by atoms with Gasteiger partial charge in [0.25, 0.3) is 5.56 Å². The van der Waals surface area contributed by atoms with Crippen molar-refractivity contribution in [2.24, 2.45) is 0 Å². The van der Waals surface area contributed by atoms with Gasteiger partial charge in [-0.3, -0.25) is 9.89 Å². The molecule has 5 aromatic rings. The van der Waals surface area contributed by atoms with Crippen LogP contribution in [-0.2, 0) is 0 Å². The molecule has 1 aliphatic rings. The quantitative estimate of drug-likeness (QED) is 0.311. The van der Waals surface area contributed by atoms with E-state index in [1.54, 1.807) is 0 Å². The van der Waals surface area contributed by atoms with Crippen LogP contribution in [0.4, 0.5) is 10.1 Å². The molecule has 4 heterocycles. The summed E-state index contributed by atoms with van der Waals surface area (Å²) in [7, 11) is 0. The molecule has 0 aliphatic carbocycles. The first-order valence-electron chi connectivity index (χ1n) is 10.8. The number of anilines is 1. The largest absolute Gasteiger partial charge is 0.508 e. The monoisotopic (exact) mass is 444 g/mol. The number of piperazine rings is 1. The van der Waals surface area contributed by atoms with E-state index in [2.05, 4.69) is 36.4 Å². The van der Waals surface area contributed by atoms with Crippen LogP contribution in [0.15, 0.2) is 41.2 Å². The number of aromatic amines is 2. The summed E-state index contributed by atoms with van der Waals surface area (Å²) < 4.78 is 14.1. The molecule has 0 spiro atoms. The number of aryl methyl sites for hydroxylation is 1. The lowest BCUT2D eigenvalue weighted by molar-refractivity contribution is 0.469. The molecule has 0 amide bonds. The molecule has 4 N–H and O–H groups in total. The predicted molar refractivity (Wildman–Crippen MR) is 126 cm³/mol. The minimum Gasteiger partial charge on any atom is -0.508 e. The highest BCUT2D eigenvalue weighted by Crippen LogP contribution is 2.37. The second-order valence-electron chi connectivity index (χ2n) is 8.38. The first kappa shape index (κ1) is 19.7. The highest BCUT2D eigenvalue weighted by molar-refractivity contribution is 6.21. The van der Waals surface area contributed by atoms with Gasteiger partial charge in [0.05, 0.1) is 22.0 Å². The van der Waals surface area contributed by atoms with Crippen molar-refractivity contribution in [1.82, 2.24) is 25.5 Å². The lowest BCUT2D eigenvalue weighted by Gasteiger charge is -2.29. The van der Waals surface area contributed by atoms with Crippen molar-refractivity contribution in [2.45, 2.75) is 6.92 Å². The number of aromatic nitrogens is 4. The summed E-state index contributed by atoms with van der Waals surface area (Å²) in [6.07, 6.45) is 0. The second kappa shape index (κ2) is 7.28. The van der Waals surface area contributed by atoms with Crippen LogP contribution in [0, 0.1) is 12.7 Å². The molecule has 33 heavy (non-hydrogen) atoms. The van der Waals surface area contributed by atoms with Gasteiger partial charge < -0.3 is 20.3 Å². The molecule has 3 aromatic heterocycles. The van der Waals surface area contributed by atoms with Gasteiger partial charge >= 0.3 is 0 Å². The summed E-state index contributed by atoms with van der Waals surface area (Å²) in [5.74, 6) is -0.854. The van der Waals surface area contributed by atoms with E-state index in [1.165, 1.54) is 12.1 Å². The zero-order valence-electron chi connectivity index (χ0n) is 17.9. The number of nitrogens with one attached hydrogen (secondary N) is 3. The first-order chi connectivity index (χ1) is 16.0. The van der Waals surface area contributed by atoms with Crippen molar-refractivity contribution in [1.29, 1.82) is 0 Å². The Morgan fingerprint density at radius 2 is 1.88 bits per heavy atom. The number of pyridine rings is 2. The zero-order valence-corrected chi connectivity index (χ0v) is 17.9. The van der Waals surface area contributed by atoms with E-state index in [-0.39, 0.29) is 17.0 Å². The van der Waals surface area contributed by atoms with Gasteiger partial charge in [0, 0.05) is 60.0 Å². The fourth-order valence-corrected chi connectivity index (χ4v) is 4.77. The average Bonchev–Trinajstić information content (AvgIpc) is 3.18. The summed E-state index contributed by atoms with van der Waals surface area (Å²) in [4.78, 5) is 23.3. The van der Waals surface area contributed by atoms with Crippen molar-refractivity contribution in [3.63, 3.8) is 0 Å². The van der Waals surface area contributed by atoms with Crippen LogP contribution in [0.3, 0.4) is 0 Å². The van der Waals surface area contributed by atoms with Crippen LogP contribution >= 0.6 is 0 Å². The maximum Gasteiger partial charge on any atom is 0.258 e. The van der Waals surface area contributed by atoms with Crippen LogP contribution in [0.5, 0.6) is 5.75 Å². The summed E-state index contributed by atoms with van der Waals surface area (Å²) in [6, 6.07) is 9.72. The van der Waals surface area contributed by atoms with E-state index in [0.29, 0.717) is 27.5 Å². The Kier molecular flexibility index (Phi) is 4.34. The average molecular weight is 444 g/mol. The van der Waals surface area contributed by atoms with Gasteiger partial charge in [-0.1, -0.05) is 6.07 Å². The number of fused-ring (bicyclic) bond motifs is 5. The Bertz CT molecular complexity index is 1600. The maximum atomic E-state index is 14.1. The third kappa shape index (κ3) is 3.12. The maximum absolute atomic E-state index is 14.1. The van der Waals surface area contributed by atoms with Crippen molar-refractivity contribution < 1.29 is 9.50 Å². The number of benzene rings is 2. The number of halogens is 1. The van der Waals surface area contributed by atoms with Gasteiger partial charge in [-0.15, -0.1) is 0 Å². The van der Waals surface area contributed by atoms with Gasteiger partial charge in [0.1, 0.15) is 11.6 Å². The molecule has 2 aromatic carbocycles. The van der Waals surface area contributed by atoms with Crippen LogP contribution in [0.1, 0.15) is 5.69 Å². The molecule has 9 heteroatoms. The summed E-state index contributed by atoms with van der Waals surface area (Å²) in [5.41, 5.74) is 3.22. The second-order valence-corrected chi connectivity index (χ2v) is 8.38. The zero-order chi connectivity index (χ0) is 22.7. The van der Waals surface area contributed by atoms with Crippen LogP contribution in [0.25, 0.3) is 44.0 Å². The Morgan fingerprint density at radius 3 is 2.67 bits per heavy atom. The molecule has 0 saturated carbocycles. The fourth-order valence-electron chi connectivity index (χ4n) is 4.77. The van der Waals surface area contributed by atoms with E-state index in [9.17, 15) is 14.3 Å². The molecule has 1 aliphatic heterocycles. The number of phenols is 1. The number of H-pyrrole nitrogens is 2. The van der Waals surface area contributed by atoms with Crippen molar-refractivity contribution in [2.75, 3.05) is 31.1 Å². The number of rotatable bonds is 2. The molecule has 0 unspecified atom stereocenters. The van der Waals surface area contributed by atoms with E-state index >= 15 is 0 Å². The van der Waals surface area contributed by atoms with Gasteiger partial charge in [-0.2, -0.15) is 5.10 Å². The van der Waals surface area contributed by atoms with Crippen LogP contribution in [0.2, 0.25) is 0 Å². The lowest BCUT2D eigenvalue weighted by atomic mass is 9.98. The molecule has 0 bridgehead atoms. The Balaban J connectivity index is 1.71. The number of phenolic OH excluding ortho intramolecular Hbond substituents is 1. The van der Waals surface area contributed by atoms with Gasteiger partial charge in [-0.05, 0) is 31.2 Å². The van der Waals surface area contributed by atoms with Crippen LogP contribution < -0.4 is 15.8 Å². The predicted octanol–water partition coefficient (Wildman–Crippen LogP) is 3.18. The minimum atomic E-state index is -0.615. The summed E-state index contributed by atoms with van der Waals surface area (Å²) in [5, 5.41) is 23.2. The van der Waals surface area contributed by atoms with Gasteiger partial charge in [0.2, 0.25) is 0 Å². The number of hydrogen-bond acceptors (Lipinski definition) is 6. The SMILES string of the molecule is Cc1[nH]nc2nc(-c3cc(O)cc(F)c3)c3c(=O)[nH]c4cc(N5CCNCC5)ccc4c3c12. The minimum absolute atomic E-state index is 0.240. The van der Waals surface area contributed by atoms with E-state index in [1.807, 2.05) is 19.1 Å². The fraction of sp³-hybridized carbons (Fsp3) is 0.208. The molecule has 6 rings (SSSR count). The topological polar surface area (TPSA) is 110 Å². The molecular formula is C24H21FN6O2. The number of aromatic hydroxyl groups is 1. The molecule has 8 nitrogen and oxygen atoms in total. The highest BCUT2D eigenvalue weighted by atomic mass is 19.1. The third-order valence-corrected chi connectivity index (χ3v) is 6.27. The lowest BCUT2D eigenvalue weighted by Crippen LogP contribution is -2.43. The molecule has 166 valence electrons. The van der Waals surface area contributed by atoms with E-state index in [4.69, 9.17) is 0 Å². The number of hydrogen-bond donors (Lipinski definition) is 4. The normalized spacial score (nSPS) is 14.5. The van der Waals surface area contributed by atoms with Crippen molar-refractivity contribution in [3.8, 4) is 17.0 Å². The highest BCUT2D eigenvalue weighted by Gasteiger charge is 2.21. The van der Waals surface area contributed by atoms with Crippen LogP contribution in [-0.4, -0.2) is 51.5 Å². The van der Waals surface area contributed by atoms with Gasteiger partial charge in [-0.25, -0.2) is 9.37 Å². The Morgan fingerprint density at radius 1 is 1.06 bits per heavy atom. The molecule has 1 saturated heterocycles. The third-order valence-electron chi connectivity index (χ3n) is 6.27. The first-order valence-corrected chi connectivity index (χ1v) is 10.8. The molecule has 1 fully saturated rings. The van der Waals surface area contributed by atoms with E-state index < -0.39 is 5.82 Å². The van der Waals surface area contributed by atoms with Gasteiger partial charge in [0.15, 0.2) is 5.65 Å². The van der Waals surface area contributed by atoms with Crippen molar-refractivity contribution >= 4 is 38.4 Å². The van der Waals surface area contributed by atoms with Crippen molar-refractivity contribution in [3.05, 3.63) is 58.3 Å². The Labute approximate surface area is 187 Å². The Hall–Kier alpha value is -3.98. The molecule has 0 radical (unpaired) electrons. The summed E-state index contributed by atoms with van der Waals surface area (Å²) >= 11 is 0. The standard InChI is InChI=1S/C24H21FN6O2/c1-12-19-20-17-3-2-15(31-6-4-26-5-7-31)11-18(17)27-24(33)21(20)22(28-23(19)30-29-12)13-8-14(25)10-16(32)9-13/h2-3,8-11,26,32H,4-7H2,1H3,(H,27,33)(H,28,29,30). The molecule has 0 atom stereocenters. The molecular weight excluding hydrogens is 423 g/mol. The summed E-state index contributed by atoms with van der Waals surface area (Å²) in [6.45, 7) is 5.50.